The van der Waals surface area contributed by atoms with Crippen LogP contribution in [0.25, 0.3) is 6.08 Å². The average molecular weight is 352 g/mol. The molecular formula is C20H20N2O4. The molecule has 1 unspecified atom stereocenters. The lowest BCUT2D eigenvalue weighted by Gasteiger charge is -2.25. The number of rotatable bonds is 3. The van der Waals surface area contributed by atoms with Gasteiger partial charge in [-0.25, -0.2) is 0 Å². The van der Waals surface area contributed by atoms with Gasteiger partial charge in [0, 0.05) is 6.08 Å². The normalized spacial score (nSPS) is 15.5. The molecule has 0 aromatic heterocycles. The maximum Gasteiger partial charge on any atom is 0.283 e. The third kappa shape index (κ3) is 4.22. The smallest absolute Gasteiger partial charge is 0.283 e. The molecule has 3 rings (SSSR count). The van der Waals surface area contributed by atoms with Gasteiger partial charge in [0.2, 0.25) is 6.10 Å². The highest BCUT2D eigenvalue weighted by atomic mass is 16.6. The average Bonchev–Trinajstić information content (AvgIpc) is 2.65. The summed E-state index contributed by atoms with van der Waals surface area (Å²) in [6.07, 6.45) is 2.24. The van der Waals surface area contributed by atoms with E-state index < -0.39 is 17.9 Å². The molecule has 2 N–H and O–H groups in total. The van der Waals surface area contributed by atoms with Crippen molar-refractivity contribution in [1.29, 1.82) is 0 Å². The van der Waals surface area contributed by atoms with Crippen LogP contribution in [-0.2, 0) is 9.59 Å². The van der Waals surface area contributed by atoms with Crippen LogP contribution in [0.4, 0.5) is 0 Å². The summed E-state index contributed by atoms with van der Waals surface area (Å²) in [5.74, 6) is 0.181. The molecule has 0 bridgehead atoms. The van der Waals surface area contributed by atoms with Gasteiger partial charge in [-0.05, 0) is 43.2 Å². The van der Waals surface area contributed by atoms with Crippen LogP contribution in [0.5, 0.6) is 11.5 Å². The molecule has 26 heavy (non-hydrogen) atoms. The summed E-state index contributed by atoms with van der Waals surface area (Å²) in [5, 5.41) is 0. The molecule has 2 aromatic carbocycles. The molecular weight excluding hydrogens is 332 g/mol. The Morgan fingerprint density at radius 2 is 1.85 bits per heavy atom. The first kappa shape index (κ1) is 17.5. The molecule has 1 aliphatic heterocycles. The standard InChI is InChI=1S/C20H20N2O4/c1-13-7-8-15(14(2)11-13)9-10-19(23)21-22-20(24)18-12-25-16-5-3-4-6-17(16)26-18/h3-11,18H,12H2,1-2H3,(H,21,23)(H,22,24). The van der Waals surface area contributed by atoms with Crippen molar-refractivity contribution in [2.24, 2.45) is 0 Å². The lowest BCUT2D eigenvalue weighted by atomic mass is 10.1. The van der Waals surface area contributed by atoms with Crippen molar-refractivity contribution in [3.8, 4) is 11.5 Å². The van der Waals surface area contributed by atoms with Crippen LogP contribution in [0.1, 0.15) is 16.7 Å². The van der Waals surface area contributed by atoms with E-state index in [1.54, 1.807) is 24.3 Å². The van der Waals surface area contributed by atoms with Crippen molar-refractivity contribution in [1.82, 2.24) is 10.9 Å². The molecule has 0 fully saturated rings. The van der Waals surface area contributed by atoms with Crippen molar-refractivity contribution >= 4 is 17.9 Å². The Labute approximate surface area is 151 Å². The number of benzene rings is 2. The van der Waals surface area contributed by atoms with Crippen LogP contribution in [-0.4, -0.2) is 24.5 Å². The van der Waals surface area contributed by atoms with E-state index in [1.807, 2.05) is 38.1 Å². The van der Waals surface area contributed by atoms with Crippen LogP contribution >= 0.6 is 0 Å². The van der Waals surface area contributed by atoms with Crippen molar-refractivity contribution < 1.29 is 19.1 Å². The number of aryl methyl sites for hydroxylation is 2. The van der Waals surface area contributed by atoms with E-state index in [-0.39, 0.29) is 6.61 Å². The molecule has 2 aromatic rings. The number of nitrogens with one attached hydrogen (secondary N) is 2. The third-order valence-corrected chi connectivity index (χ3v) is 3.95. The molecule has 0 radical (unpaired) electrons. The van der Waals surface area contributed by atoms with E-state index in [0.717, 1.165) is 16.7 Å². The van der Waals surface area contributed by atoms with Gasteiger partial charge in [-0.15, -0.1) is 0 Å². The zero-order valence-electron chi connectivity index (χ0n) is 14.6. The van der Waals surface area contributed by atoms with E-state index in [9.17, 15) is 9.59 Å². The van der Waals surface area contributed by atoms with Crippen LogP contribution in [0.15, 0.2) is 48.5 Å². The summed E-state index contributed by atoms with van der Waals surface area (Å²) in [4.78, 5) is 24.0. The van der Waals surface area contributed by atoms with E-state index in [4.69, 9.17) is 9.47 Å². The zero-order chi connectivity index (χ0) is 18.5. The highest BCUT2D eigenvalue weighted by Crippen LogP contribution is 2.30. The van der Waals surface area contributed by atoms with Gasteiger partial charge in [-0.2, -0.15) is 0 Å². The van der Waals surface area contributed by atoms with Gasteiger partial charge < -0.3 is 9.47 Å². The van der Waals surface area contributed by atoms with Crippen LogP contribution in [0, 0.1) is 13.8 Å². The van der Waals surface area contributed by atoms with Crippen molar-refractivity contribution in [2.75, 3.05) is 6.61 Å². The highest BCUT2D eigenvalue weighted by molar-refractivity contribution is 5.93. The summed E-state index contributed by atoms with van der Waals surface area (Å²) in [6, 6.07) is 13.1. The number of hydrazine groups is 1. The fourth-order valence-electron chi connectivity index (χ4n) is 2.57. The lowest BCUT2D eigenvalue weighted by Crippen LogP contribution is -2.50. The van der Waals surface area contributed by atoms with Crippen LogP contribution in [0.2, 0.25) is 0 Å². The highest BCUT2D eigenvalue weighted by Gasteiger charge is 2.27. The van der Waals surface area contributed by atoms with Gasteiger partial charge in [-0.1, -0.05) is 35.9 Å². The number of carbonyl (C=O) groups excluding carboxylic acids is 2. The summed E-state index contributed by atoms with van der Waals surface area (Å²) >= 11 is 0. The first-order valence-corrected chi connectivity index (χ1v) is 8.26. The van der Waals surface area contributed by atoms with Gasteiger partial charge in [0.15, 0.2) is 11.5 Å². The number of fused-ring (bicyclic) bond motifs is 1. The molecule has 0 spiro atoms. The Hall–Kier alpha value is -3.28. The molecule has 6 heteroatoms. The molecule has 0 saturated carbocycles. The maximum atomic E-state index is 12.1. The van der Waals surface area contributed by atoms with Crippen LogP contribution < -0.4 is 20.3 Å². The molecule has 0 aliphatic carbocycles. The molecule has 1 aliphatic rings. The zero-order valence-corrected chi connectivity index (χ0v) is 14.6. The number of hydrogen-bond donors (Lipinski definition) is 2. The minimum Gasteiger partial charge on any atom is -0.485 e. The van der Waals surface area contributed by atoms with Gasteiger partial charge >= 0.3 is 0 Å². The van der Waals surface area contributed by atoms with E-state index >= 15 is 0 Å². The predicted molar refractivity (Wildman–Crippen MR) is 97.6 cm³/mol. The first-order valence-electron chi connectivity index (χ1n) is 8.26. The largest absolute Gasteiger partial charge is 0.485 e. The molecule has 134 valence electrons. The van der Waals surface area contributed by atoms with Gasteiger partial charge in [0.05, 0.1) is 0 Å². The molecule has 2 amide bonds. The Kier molecular flexibility index (Phi) is 5.22. The summed E-state index contributed by atoms with van der Waals surface area (Å²) in [6.45, 7) is 4.07. The second-order valence-corrected chi connectivity index (χ2v) is 6.04. The van der Waals surface area contributed by atoms with Crippen molar-refractivity contribution in [3.63, 3.8) is 0 Å². The number of para-hydroxylation sites is 2. The second-order valence-electron chi connectivity index (χ2n) is 6.04. The SMILES string of the molecule is Cc1ccc(C=CC(=O)NNC(=O)C2COc3ccccc3O2)c(C)c1. The Bertz CT molecular complexity index is 861. The van der Waals surface area contributed by atoms with Gasteiger partial charge in [0.1, 0.15) is 6.61 Å². The lowest BCUT2D eigenvalue weighted by molar-refractivity contribution is -0.134. The topological polar surface area (TPSA) is 76.7 Å². The molecule has 6 nitrogen and oxygen atoms in total. The van der Waals surface area contributed by atoms with Crippen molar-refractivity contribution in [3.05, 3.63) is 65.2 Å². The summed E-state index contributed by atoms with van der Waals surface area (Å²) in [5.41, 5.74) is 7.87. The Balaban J connectivity index is 1.51. The predicted octanol–water partition coefficient (Wildman–Crippen LogP) is 2.30. The fraction of sp³-hybridized carbons (Fsp3) is 0.200. The van der Waals surface area contributed by atoms with Gasteiger partial charge in [0.25, 0.3) is 11.8 Å². The maximum absolute atomic E-state index is 12.1. The number of ether oxygens (including phenoxy) is 2. The van der Waals surface area contributed by atoms with E-state index in [1.165, 1.54) is 6.08 Å². The second kappa shape index (κ2) is 7.74. The van der Waals surface area contributed by atoms with Crippen LogP contribution in [0.3, 0.4) is 0 Å². The van der Waals surface area contributed by atoms with E-state index in [0.29, 0.717) is 11.5 Å². The van der Waals surface area contributed by atoms with Crippen molar-refractivity contribution in [2.45, 2.75) is 20.0 Å². The Morgan fingerprint density at radius 3 is 2.62 bits per heavy atom. The van der Waals surface area contributed by atoms with E-state index in [2.05, 4.69) is 10.9 Å². The summed E-state index contributed by atoms with van der Waals surface area (Å²) < 4.78 is 11.1. The third-order valence-electron chi connectivity index (χ3n) is 3.95. The molecule has 1 heterocycles. The summed E-state index contributed by atoms with van der Waals surface area (Å²) in [7, 11) is 0. The minimum absolute atomic E-state index is 0.0805. The number of amides is 2. The minimum atomic E-state index is -0.825. The number of carbonyl (C=O) groups is 2. The number of hydrogen-bond acceptors (Lipinski definition) is 4. The molecule has 0 saturated heterocycles. The Morgan fingerprint density at radius 1 is 1.08 bits per heavy atom. The molecule has 1 atom stereocenters. The first-order chi connectivity index (χ1) is 12.5. The quantitative estimate of drug-likeness (QED) is 0.656. The monoisotopic (exact) mass is 352 g/mol. The fourth-order valence-corrected chi connectivity index (χ4v) is 2.57. The van der Waals surface area contributed by atoms with Gasteiger partial charge in [-0.3, -0.25) is 20.4 Å².